The van der Waals surface area contributed by atoms with Crippen LogP contribution in [0.2, 0.25) is 0 Å². The van der Waals surface area contributed by atoms with Crippen LogP contribution in [0.1, 0.15) is 23.3 Å². The summed E-state index contributed by atoms with van der Waals surface area (Å²) in [5.74, 6) is -5.83. The van der Waals surface area contributed by atoms with Crippen LogP contribution >= 0.6 is 0 Å². The zero-order valence-electron chi connectivity index (χ0n) is 16.1. The number of nitrogens with two attached hydrogens (primary N) is 1. The third-order valence-electron chi connectivity index (χ3n) is 6.04. The van der Waals surface area contributed by atoms with Gasteiger partial charge in [-0.15, -0.1) is 0 Å². The normalized spacial score (nSPS) is 29.6. The molecule has 0 radical (unpaired) electrons. The lowest BCUT2D eigenvalue weighted by molar-refractivity contribution is -0.139. The van der Waals surface area contributed by atoms with E-state index in [1.165, 1.54) is 15.8 Å². The van der Waals surface area contributed by atoms with Gasteiger partial charge in [-0.1, -0.05) is 0 Å². The summed E-state index contributed by atoms with van der Waals surface area (Å²) in [6, 6.07) is -0.364. The number of amides is 2. The first-order valence-corrected chi connectivity index (χ1v) is 9.64. The molecular weight excluding hydrogens is 370 g/mol. The minimum absolute atomic E-state index is 0.0123. The number of alkyl halides is 2. The summed E-state index contributed by atoms with van der Waals surface area (Å²) < 4.78 is 29.8. The number of anilines is 1. The van der Waals surface area contributed by atoms with E-state index in [1.807, 2.05) is 11.9 Å². The molecule has 154 valence electrons. The minimum Gasteiger partial charge on any atom is -0.396 e. The maximum absolute atomic E-state index is 14.2. The summed E-state index contributed by atoms with van der Waals surface area (Å²) >= 11 is 0. The van der Waals surface area contributed by atoms with Gasteiger partial charge in [0.05, 0.1) is 11.7 Å². The van der Waals surface area contributed by atoms with Gasteiger partial charge < -0.3 is 20.9 Å². The highest BCUT2D eigenvalue weighted by molar-refractivity contribution is 5.97. The molecule has 1 aromatic rings. The Morgan fingerprint density at radius 3 is 2.64 bits per heavy atom. The minimum atomic E-state index is -2.89. The zero-order valence-corrected chi connectivity index (χ0v) is 16.1. The standard InChI is InChI=1S/C18H26F2N6O2/c1-24-5-6-26(17(28)14-13(10-3-4-10)18(14,19)20)11(8-24)7-22-16(27)15-12(21)9-25(2)23-15/h9-11,13-14H,3-8,21H2,1-2H3,(H,22,27)/t11?,13-,14+/m1/s1. The Hall–Kier alpha value is -2.23. The highest BCUT2D eigenvalue weighted by atomic mass is 19.3. The Morgan fingerprint density at radius 1 is 1.32 bits per heavy atom. The maximum Gasteiger partial charge on any atom is 0.274 e. The lowest BCUT2D eigenvalue weighted by atomic mass is 10.1. The van der Waals surface area contributed by atoms with Gasteiger partial charge in [0, 0.05) is 45.3 Å². The van der Waals surface area contributed by atoms with Crippen LogP contribution in [0, 0.1) is 17.8 Å². The van der Waals surface area contributed by atoms with E-state index in [4.69, 9.17) is 5.73 Å². The first-order valence-electron chi connectivity index (χ1n) is 9.64. The molecule has 8 nitrogen and oxygen atoms in total. The van der Waals surface area contributed by atoms with Crippen LogP contribution in [0.25, 0.3) is 0 Å². The highest BCUT2D eigenvalue weighted by Crippen LogP contribution is 2.65. The van der Waals surface area contributed by atoms with Crippen LogP contribution < -0.4 is 11.1 Å². The van der Waals surface area contributed by atoms with Gasteiger partial charge in [0.1, 0.15) is 5.92 Å². The molecule has 2 heterocycles. The number of halogens is 2. The summed E-state index contributed by atoms with van der Waals surface area (Å²) in [6.07, 6.45) is 3.11. The molecule has 0 aromatic carbocycles. The van der Waals surface area contributed by atoms with Gasteiger partial charge >= 0.3 is 0 Å². The Morgan fingerprint density at radius 2 is 2.04 bits per heavy atom. The molecule has 4 rings (SSSR count). The summed E-state index contributed by atoms with van der Waals surface area (Å²) in [5.41, 5.74) is 6.16. The Bertz CT molecular complexity index is 793. The number of hydrogen-bond donors (Lipinski definition) is 2. The van der Waals surface area contributed by atoms with E-state index in [1.54, 1.807) is 7.05 Å². The third-order valence-corrected chi connectivity index (χ3v) is 6.04. The fraction of sp³-hybridized carbons (Fsp3) is 0.722. The van der Waals surface area contributed by atoms with Crippen molar-refractivity contribution in [1.82, 2.24) is 24.9 Å². The summed E-state index contributed by atoms with van der Waals surface area (Å²) in [7, 11) is 3.57. The summed E-state index contributed by atoms with van der Waals surface area (Å²) in [5, 5.41) is 6.78. The van der Waals surface area contributed by atoms with E-state index in [0.29, 0.717) is 19.6 Å². The molecule has 3 aliphatic rings. The maximum atomic E-state index is 14.2. The van der Waals surface area contributed by atoms with Gasteiger partial charge in [-0.05, 0) is 25.8 Å². The van der Waals surface area contributed by atoms with Crippen LogP contribution in [-0.4, -0.2) is 76.6 Å². The SMILES string of the molecule is CN1CCN(C(=O)[C@@H]2[C@@H](C3CC3)C2(F)F)C(CNC(=O)c2nn(C)cc2N)C1. The number of likely N-dealkylation sites (N-methyl/N-ethyl adjacent to an activating group) is 1. The molecule has 2 aliphatic carbocycles. The van der Waals surface area contributed by atoms with Gasteiger partial charge in [-0.2, -0.15) is 5.10 Å². The van der Waals surface area contributed by atoms with E-state index in [0.717, 1.165) is 12.8 Å². The molecule has 1 unspecified atom stereocenters. The van der Waals surface area contributed by atoms with Crippen molar-refractivity contribution in [3.8, 4) is 0 Å². The van der Waals surface area contributed by atoms with E-state index < -0.39 is 29.6 Å². The number of aromatic nitrogens is 2. The number of carbonyl (C=O) groups excluding carboxylic acids is 2. The third kappa shape index (κ3) is 3.34. The second-order valence-corrected chi connectivity index (χ2v) is 8.28. The molecule has 28 heavy (non-hydrogen) atoms. The van der Waals surface area contributed by atoms with Crippen LogP contribution in [0.3, 0.4) is 0 Å². The number of nitrogens with zero attached hydrogens (tertiary/aromatic N) is 4. The van der Waals surface area contributed by atoms with E-state index in [2.05, 4.69) is 10.4 Å². The molecule has 0 spiro atoms. The van der Waals surface area contributed by atoms with Crippen molar-refractivity contribution in [3.63, 3.8) is 0 Å². The van der Waals surface area contributed by atoms with E-state index in [-0.39, 0.29) is 29.9 Å². The molecule has 0 bridgehead atoms. The van der Waals surface area contributed by atoms with Gasteiger partial charge in [-0.25, -0.2) is 8.78 Å². The molecule has 10 heteroatoms. The Balaban J connectivity index is 1.42. The number of nitrogen functional groups attached to an aromatic ring is 1. The van der Waals surface area contributed by atoms with Crippen molar-refractivity contribution in [3.05, 3.63) is 11.9 Å². The number of nitrogens with one attached hydrogen (secondary N) is 1. The summed E-state index contributed by atoms with van der Waals surface area (Å²) in [6.45, 7) is 1.68. The molecule has 1 aromatic heterocycles. The van der Waals surface area contributed by atoms with Crippen molar-refractivity contribution in [2.45, 2.75) is 24.8 Å². The van der Waals surface area contributed by atoms with Crippen LogP contribution in [0.15, 0.2) is 6.20 Å². The average molecular weight is 396 g/mol. The van der Waals surface area contributed by atoms with Crippen molar-refractivity contribution in [1.29, 1.82) is 0 Å². The smallest absolute Gasteiger partial charge is 0.274 e. The quantitative estimate of drug-likeness (QED) is 0.740. The molecule has 2 amide bonds. The van der Waals surface area contributed by atoms with Crippen LogP contribution in [0.5, 0.6) is 0 Å². The fourth-order valence-corrected chi connectivity index (χ4v) is 4.34. The van der Waals surface area contributed by atoms with E-state index in [9.17, 15) is 18.4 Å². The fourth-order valence-electron chi connectivity index (χ4n) is 4.34. The molecular formula is C18H26F2N6O2. The molecule has 3 atom stereocenters. The topological polar surface area (TPSA) is 96.5 Å². The van der Waals surface area contributed by atoms with Crippen molar-refractivity contribution < 1.29 is 18.4 Å². The van der Waals surface area contributed by atoms with Gasteiger partial charge in [0.2, 0.25) is 5.91 Å². The Labute approximate surface area is 162 Å². The largest absolute Gasteiger partial charge is 0.396 e. The van der Waals surface area contributed by atoms with Crippen molar-refractivity contribution in [2.24, 2.45) is 24.8 Å². The molecule has 3 N–H and O–H groups in total. The molecule has 1 saturated heterocycles. The molecule has 1 aliphatic heterocycles. The van der Waals surface area contributed by atoms with Crippen molar-refractivity contribution >= 4 is 17.5 Å². The number of aryl methyl sites for hydroxylation is 1. The van der Waals surface area contributed by atoms with Gasteiger partial charge in [0.25, 0.3) is 11.8 Å². The predicted molar refractivity (Wildman–Crippen MR) is 97.6 cm³/mol. The highest BCUT2D eigenvalue weighted by Gasteiger charge is 2.76. The lowest BCUT2D eigenvalue weighted by Gasteiger charge is -2.40. The second kappa shape index (κ2) is 6.68. The molecule has 3 fully saturated rings. The number of hydrogen-bond acceptors (Lipinski definition) is 5. The van der Waals surface area contributed by atoms with Crippen LogP contribution in [-0.2, 0) is 11.8 Å². The van der Waals surface area contributed by atoms with Crippen LogP contribution in [0.4, 0.5) is 14.5 Å². The second-order valence-electron chi connectivity index (χ2n) is 8.28. The van der Waals surface area contributed by atoms with Gasteiger partial charge in [-0.3, -0.25) is 14.3 Å². The monoisotopic (exact) mass is 396 g/mol. The Kier molecular flexibility index (Phi) is 4.56. The lowest BCUT2D eigenvalue weighted by Crippen LogP contribution is -2.58. The number of carbonyl (C=O) groups is 2. The van der Waals surface area contributed by atoms with E-state index >= 15 is 0 Å². The first kappa shape index (κ1) is 19.1. The number of rotatable bonds is 5. The number of piperazine rings is 1. The first-order chi connectivity index (χ1) is 13.2. The van der Waals surface area contributed by atoms with Gasteiger partial charge in [0.15, 0.2) is 5.69 Å². The van der Waals surface area contributed by atoms with Crippen molar-refractivity contribution in [2.75, 3.05) is 39.0 Å². The average Bonchev–Trinajstić information content (AvgIpc) is 3.50. The summed E-state index contributed by atoms with van der Waals surface area (Å²) in [4.78, 5) is 28.8. The zero-order chi connectivity index (χ0) is 20.2. The predicted octanol–water partition coefficient (Wildman–Crippen LogP) is 0.166. The molecule has 2 saturated carbocycles.